The lowest BCUT2D eigenvalue weighted by Gasteiger charge is -2.30. The quantitative estimate of drug-likeness (QED) is 0.738. The second-order valence-corrected chi connectivity index (χ2v) is 6.69. The van der Waals surface area contributed by atoms with Crippen molar-refractivity contribution in [3.05, 3.63) is 0 Å². The molecule has 1 rings (SSSR count). The van der Waals surface area contributed by atoms with Gasteiger partial charge in [-0.2, -0.15) is 0 Å². The van der Waals surface area contributed by atoms with Gasteiger partial charge in [0.2, 0.25) is 5.91 Å². The molecule has 1 saturated heterocycles. The van der Waals surface area contributed by atoms with Crippen molar-refractivity contribution >= 4 is 15.7 Å². The van der Waals surface area contributed by atoms with E-state index in [0.29, 0.717) is 0 Å². The Morgan fingerprint density at radius 3 is 2.31 bits per heavy atom. The molecule has 0 aromatic rings. The number of carbonyl (C=O) groups is 1. The van der Waals surface area contributed by atoms with E-state index >= 15 is 0 Å². The molecule has 0 aromatic carbocycles. The molecule has 0 bridgehead atoms. The summed E-state index contributed by atoms with van der Waals surface area (Å²) in [6.07, 6.45) is 0.846. The van der Waals surface area contributed by atoms with E-state index in [9.17, 15) is 13.2 Å². The first-order chi connectivity index (χ1) is 7.37. The molecule has 1 aliphatic rings. The zero-order valence-corrected chi connectivity index (χ0v) is 10.7. The van der Waals surface area contributed by atoms with Crippen LogP contribution in [-0.4, -0.2) is 49.9 Å². The summed E-state index contributed by atoms with van der Waals surface area (Å²) in [6, 6.07) is -0.509. The van der Waals surface area contributed by atoms with Crippen molar-refractivity contribution in [1.82, 2.24) is 4.90 Å². The minimum Gasteiger partial charge on any atom is -0.339 e. The second kappa shape index (κ2) is 5.14. The summed E-state index contributed by atoms with van der Waals surface area (Å²) in [7, 11) is -2.94. The Hall–Kier alpha value is -0.620. The Morgan fingerprint density at radius 1 is 1.38 bits per heavy atom. The van der Waals surface area contributed by atoms with Gasteiger partial charge in [0.15, 0.2) is 9.84 Å². The van der Waals surface area contributed by atoms with Crippen LogP contribution in [-0.2, 0) is 14.6 Å². The standard InChI is InChI=1S/C10H20N2O3S/c1-3-8(2)9(11)10(13)12-4-6-16(14,15)7-5-12/h8-9H,3-7,11H2,1-2H3. The minimum absolute atomic E-state index is 0.0615. The van der Waals surface area contributed by atoms with Crippen LogP contribution in [0.1, 0.15) is 20.3 Å². The predicted octanol–water partition coefficient (Wildman–Crippen LogP) is -0.383. The SMILES string of the molecule is CCC(C)C(N)C(=O)N1CCS(=O)(=O)CC1. The van der Waals surface area contributed by atoms with Crippen LogP contribution >= 0.6 is 0 Å². The number of sulfone groups is 1. The summed E-state index contributed by atoms with van der Waals surface area (Å²) in [6.45, 7) is 4.48. The summed E-state index contributed by atoms with van der Waals surface area (Å²) in [5.41, 5.74) is 5.83. The monoisotopic (exact) mass is 248 g/mol. The summed E-state index contributed by atoms with van der Waals surface area (Å²) < 4.78 is 22.4. The van der Waals surface area contributed by atoms with Gasteiger partial charge in [0.05, 0.1) is 17.5 Å². The minimum atomic E-state index is -2.94. The van der Waals surface area contributed by atoms with Gasteiger partial charge < -0.3 is 10.6 Å². The maximum Gasteiger partial charge on any atom is 0.239 e. The molecule has 0 radical (unpaired) electrons. The highest BCUT2D eigenvalue weighted by Gasteiger charge is 2.29. The van der Waals surface area contributed by atoms with Crippen molar-refractivity contribution in [3.63, 3.8) is 0 Å². The fourth-order valence-corrected chi connectivity index (χ4v) is 2.84. The fourth-order valence-electron chi connectivity index (χ4n) is 1.64. The van der Waals surface area contributed by atoms with Crippen molar-refractivity contribution in [2.45, 2.75) is 26.3 Å². The lowest BCUT2D eigenvalue weighted by Crippen LogP contribution is -2.52. The first-order valence-electron chi connectivity index (χ1n) is 5.62. The highest BCUT2D eigenvalue weighted by atomic mass is 32.2. The summed E-state index contributed by atoms with van der Waals surface area (Å²) in [4.78, 5) is 13.5. The fraction of sp³-hybridized carbons (Fsp3) is 0.900. The average Bonchev–Trinajstić information content (AvgIpc) is 2.26. The molecular weight excluding hydrogens is 228 g/mol. The zero-order chi connectivity index (χ0) is 12.3. The summed E-state index contributed by atoms with van der Waals surface area (Å²) in [5, 5.41) is 0. The van der Waals surface area contributed by atoms with Crippen LogP contribution in [0.15, 0.2) is 0 Å². The molecule has 1 amide bonds. The van der Waals surface area contributed by atoms with E-state index < -0.39 is 15.9 Å². The molecule has 2 atom stereocenters. The van der Waals surface area contributed by atoms with Crippen LogP contribution in [0.4, 0.5) is 0 Å². The Balaban J connectivity index is 2.57. The van der Waals surface area contributed by atoms with Gasteiger partial charge in [-0.1, -0.05) is 20.3 Å². The Morgan fingerprint density at radius 2 is 1.88 bits per heavy atom. The highest BCUT2D eigenvalue weighted by Crippen LogP contribution is 2.11. The molecule has 1 heterocycles. The molecule has 0 aromatic heterocycles. The molecule has 2 unspecified atom stereocenters. The molecule has 94 valence electrons. The van der Waals surface area contributed by atoms with Crippen molar-refractivity contribution in [1.29, 1.82) is 0 Å². The normalized spacial score (nSPS) is 23.8. The molecule has 1 fully saturated rings. The van der Waals surface area contributed by atoms with Crippen molar-refractivity contribution in [2.75, 3.05) is 24.6 Å². The van der Waals surface area contributed by atoms with Crippen LogP contribution in [0.3, 0.4) is 0 Å². The number of nitrogens with two attached hydrogens (primary N) is 1. The van der Waals surface area contributed by atoms with Gasteiger partial charge in [-0.25, -0.2) is 8.42 Å². The number of hydrogen-bond donors (Lipinski definition) is 1. The van der Waals surface area contributed by atoms with Crippen LogP contribution < -0.4 is 5.73 Å². The largest absolute Gasteiger partial charge is 0.339 e. The smallest absolute Gasteiger partial charge is 0.239 e. The Labute approximate surface area is 96.9 Å². The van der Waals surface area contributed by atoms with Crippen molar-refractivity contribution < 1.29 is 13.2 Å². The Kier molecular flexibility index (Phi) is 4.32. The first kappa shape index (κ1) is 13.4. The molecule has 5 nitrogen and oxygen atoms in total. The number of carbonyl (C=O) groups excluding carboxylic acids is 1. The molecule has 0 aliphatic carbocycles. The highest BCUT2D eigenvalue weighted by molar-refractivity contribution is 7.91. The predicted molar refractivity (Wildman–Crippen MR) is 62.7 cm³/mol. The van der Waals surface area contributed by atoms with E-state index in [2.05, 4.69) is 0 Å². The summed E-state index contributed by atoms with van der Waals surface area (Å²) in [5.74, 6) is 0.132. The first-order valence-corrected chi connectivity index (χ1v) is 7.44. The van der Waals surface area contributed by atoms with Crippen LogP contribution in [0, 0.1) is 5.92 Å². The van der Waals surface area contributed by atoms with Gasteiger partial charge in [-0.3, -0.25) is 4.79 Å². The van der Waals surface area contributed by atoms with Gasteiger partial charge in [0, 0.05) is 13.1 Å². The molecule has 0 saturated carbocycles. The van der Waals surface area contributed by atoms with Gasteiger partial charge in [0.25, 0.3) is 0 Å². The maximum absolute atomic E-state index is 11.9. The van der Waals surface area contributed by atoms with Gasteiger partial charge >= 0.3 is 0 Å². The maximum atomic E-state index is 11.9. The van der Waals surface area contributed by atoms with E-state index in [1.807, 2.05) is 13.8 Å². The number of hydrogen-bond acceptors (Lipinski definition) is 4. The molecule has 1 aliphatic heterocycles. The third kappa shape index (κ3) is 3.18. The lowest BCUT2D eigenvalue weighted by atomic mass is 9.99. The molecule has 2 N–H and O–H groups in total. The third-order valence-electron chi connectivity index (χ3n) is 3.20. The van der Waals surface area contributed by atoms with E-state index in [4.69, 9.17) is 5.73 Å². The second-order valence-electron chi connectivity index (χ2n) is 4.39. The van der Waals surface area contributed by atoms with Gasteiger partial charge in [-0.15, -0.1) is 0 Å². The Bertz CT molecular complexity index is 339. The van der Waals surface area contributed by atoms with Crippen LogP contribution in [0.25, 0.3) is 0 Å². The van der Waals surface area contributed by atoms with Crippen LogP contribution in [0.2, 0.25) is 0 Å². The number of rotatable bonds is 3. The molecule has 6 heteroatoms. The van der Waals surface area contributed by atoms with E-state index in [1.54, 1.807) is 4.90 Å². The van der Waals surface area contributed by atoms with E-state index in [-0.39, 0.29) is 36.4 Å². The van der Waals surface area contributed by atoms with Gasteiger partial charge in [0.1, 0.15) is 0 Å². The van der Waals surface area contributed by atoms with Crippen molar-refractivity contribution in [3.8, 4) is 0 Å². The number of nitrogens with zero attached hydrogens (tertiary/aromatic N) is 1. The van der Waals surface area contributed by atoms with Crippen molar-refractivity contribution in [2.24, 2.45) is 11.7 Å². The van der Waals surface area contributed by atoms with Crippen LogP contribution in [0.5, 0.6) is 0 Å². The molecular formula is C10H20N2O3S. The van der Waals surface area contributed by atoms with E-state index in [1.165, 1.54) is 0 Å². The third-order valence-corrected chi connectivity index (χ3v) is 4.81. The lowest BCUT2D eigenvalue weighted by molar-refractivity contribution is -0.133. The topological polar surface area (TPSA) is 80.5 Å². The molecule has 16 heavy (non-hydrogen) atoms. The van der Waals surface area contributed by atoms with Gasteiger partial charge in [-0.05, 0) is 5.92 Å². The zero-order valence-electron chi connectivity index (χ0n) is 9.85. The average molecular weight is 248 g/mol. The number of amides is 1. The summed E-state index contributed by atoms with van der Waals surface area (Å²) >= 11 is 0. The van der Waals surface area contributed by atoms with E-state index in [0.717, 1.165) is 6.42 Å². The molecule has 0 spiro atoms.